The first-order chi connectivity index (χ1) is 13.2. The van der Waals surface area contributed by atoms with E-state index in [1.807, 2.05) is 0 Å². The number of carbonyl (C=O) groups excluding carboxylic acids is 1. The lowest BCUT2D eigenvalue weighted by Gasteiger charge is -2.16. The second-order valence-electron chi connectivity index (χ2n) is 6.35. The maximum absolute atomic E-state index is 13.8. The van der Waals surface area contributed by atoms with Crippen molar-refractivity contribution in [3.8, 4) is 11.3 Å². The molecule has 3 rings (SSSR count). The molecule has 0 spiro atoms. The molecular formula is C19H18F2N4O3. The minimum atomic E-state index is -1.13. The second-order valence-corrected chi connectivity index (χ2v) is 6.35. The summed E-state index contributed by atoms with van der Waals surface area (Å²) in [5.74, 6) is -1.04. The number of amides is 1. The SMILES string of the molecule is Cc1cc(-c2cc(N)c(=O)n([C@H](C)C(=O)Nc3cc(F)ccc3F)n2)c(C)o1. The van der Waals surface area contributed by atoms with Crippen molar-refractivity contribution in [2.75, 3.05) is 11.1 Å². The molecule has 0 unspecified atom stereocenters. The highest BCUT2D eigenvalue weighted by Gasteiger charge is 2.22. The fourth-order valence-corrected chi connectivity index (χ4v) is 2.75. The molecule has 1 aromatic carbocycles. The number of aromatic nitrogens is 2. The van der Waals surface area contributed by atoms with E-state index in [0.29, 0.717) is 22.8 Å². The number of carbonyl (C=O) groups is 1. The Kier molecular flexibility index (Phi) is 5.00. The highest BCUT2D eigenvalue weighted by molar-refractivity contribution is 5.93. The van der Waals surface area contributed by atoms with Crippen LogP contribution >= 0.6 is 0 Å². The number of nitrogens with one attached hydrogen (secondary N) is 1. The summed E-state index contributed by atoms with van der Waals surface area (Å²) in [6, 6.07) is 4.66. The van der Waals surface area contributed by atoms with E-state index in [9.17, 15) is 18.4 Å². The van der Waals surface area contributed by atoms with Gasteiger partial charge in [-0.25, -0.2) is 13.5 Å². The third-order valence-corrected chi connectivity index (χ3v) is 4.21. The average molecular weight is 388 g/mol. The molecule has 0 aliphatic rings. The first kappa shape index (κ1) is 19.3. The Labute approximate surface area is 158 Å². The van der Waals surface area contributed by atoms with Gasteiger partial charge in [0.25, 0.3) is 5.56 Å². The number of nitrogen functional groups attached to an aromatic ring is 1. The third kappa shape index (κ3) is 3.64. The van der Waals surface area contributed by atoms with Crippen molar-refractivity contribution in [3.63, 3.8) is 0 Å². The number of hydrogen-bond acceptors (Lipinski definition) is 5. The van der Waals surface area contributed by atoms with E-state index in [-0.39, 0.29) is 11.4 Å². The van der Waals surface area contributed by atoms with Gasteiger partial charge in [0.15, 0.2) is 0 Å². The van der Waals surface area contributed by atoms with E-state index in [0.717, 1.165) is 22.9 Å². The quantitative estimate of drug-likeness (QED) is 0.715. The van der Waals surface area contributed by atoms with E-state index >= 15 is 0 Å². The maximum Gasteiger partial charge on any atom is 0.290 e. The molecule has 0 radical (unpaired) electrons. The van der Waals surface area contributed by atoms with Crippen LogP contribution in [0.2, 0.25) is 0 Å². The Morgan fingerprint density at radius 1 is 1.25 bits per heavy atom. The molecule has 7 nitrogen and oxygen atoms in total. The molecule has 1 amide bonds. The molecule has 28 heavy (non-hydrogen) atoms. The summed E-state index contributed by atoms with van der Waals surface area (Å²) >= 11 is 0. The third-order valence-electron chi connectivity index (χ3n) is 4.21. The van der Waals surface area contributed by atoms with Crippen molar-refractivity contribution >= 4 is 17.3 Å². The zero-order chi connectivity index (χ0) is 20.6. The zero-order valence-corrected chi connectivity index (χ0v) is 15.4. The van der Waals surface area contributed by atoms with Gasteiger partial charge < -0.3 is 15.5 Å². The predicted octanol–water partition coefficient (Wildman–Crippen LogP) is 3.18. The van der Waals surface area contributed by atoms with Crippen LogP contribution in [-0.2, 0) is 4.79 Å². The molecule has 1 atom stereocenters. The molecule has 0 aliphatic carbocycles. The molecule has 0 fully saturated rings. The van der Waals surface area contributed by atoms with Crippen molar-refractivity contribution in [2.45, 2.75) is 26.8 Å². The van der Waals surface area contributed by atoms with Gasteiger partial charge in [-0.2, -0.15) is 5.10 Å². The Morgan fingerprint density at radius 2 is 1.96 bits per heavy atom. The molecule has 0 saturated carbocycles. The molecule has 0 aliphatic heterocycles. The van der Waals surface area contributed by atoms with Crippen molar-refractivity contribution in [3.05, 3.63) is 63.8 Å². The molecule has 3 aromatic rings. The first-order valence-electron chi connectivity index (χ1n) is 8.40. The van der Waals surface area contributed by atoms with Crippen LogP contribution in [0.25, 0.3) is 11.3 Å². The molecular weight excluding hydrogens is 370 g/mol. The summed E-state index contributed by atoms with van der Waals surface area (Å²) in [4.78, 5) is 24.9. The van der Waals surface area contributed by atoms with Gasteiger partial charge in [-0.3, -0.25) is 9.59 Å². The molecule has 0 saturated heterocycles. The van der Waals surface area contributed by atoms with E-state index in [4.69, 9.17) is 10.2 Å². The number of furan rings is 1. The number of nitrogens with zero attached hydrogens (tertiary/aromatic N) is 2. The second kappa shape index (κ2) is 7.26. The molecule has 0 bridgehead atoms. The van der Waals surface area contributed by atoms with E-state index < -0.39 is 29.1 Å². The van der Waals surface area contributed by atoms with Gasteiger partial charge in [-0.15, -0.1) is 0 Å². The number of anilines is 2. The Bertz CT molecular complexity index is 1120. The monoisotopic (exact) mass is 388 g/mol. The lowest BCUT2D eigenvalue weighted by Crippen LogP contribution is -2.35. The minimum Gasteiger partial charge on any atom is -0.466 e. The maximum atomic E-state index is 13.8. The van der Waals surface area contributed by atoms with Crippen LogP contribution in [0, 0.1) is 25.5 Å². The van der Waals surface area contributed by atoms with E-state index in [1.165, 1.54) is 13.0 Å². The zero-order valence-electron chi connectivity index (χ0n) is 15.4. The molecule has 2 heterocycles. The lowest BCUT2D eigenvalue weighted by atomic mass is 10.1. The fourth-order valence-electron chi connectivity index (χ4n) is 2.75. The smallest absolute Gasteiger partial charge is 0.290 e. The van der Waals surface area contributed by atoms with Crippen LogP contribution in [0.3, 0.4) is 0 Å². The summed E-state index contributed by atoms with van der Waals surface area (Å²) in [7, 11) is 0. The van der Waals surface area contributed by atoms with Crippen molar-refractivity contribution in [1.29, 1.82) is 0 Å². The summed E-state index contributed by atoms with van der Waals surface area (Å²) in [5.41, 5.74) is 5.66. The van der Waals surface area contributed by atoms with Gasteiger partial charge in [0, 0.05) is 11.6 Å². The molecule has 3 N–H and O–H groups in total. The highest BCUT2D eigenvalue weighted by atomic mass is 19.1. The Balaban J connectivity index is 1.98. The minimum absolute atomic E-state index is 0.111. The van der Waals surface area contributed by atoms with Crippen molar-refractivity contribution in [1.82, 2.24) is 9.78 Å². The fraction of sp³-hybridized carbons (Fsp3) is 0.211. The van der Waals surface area contributed by atoms with Gasteiger partial charge in [-0.1, -0.05) is 0 Å². The van der Waals surface area contributed by atoms with Crippen LogP contribution in [-0.4, -0.2) is 15.7 Å². The number of benzene rings is 1. The number of hydrogen-bond donors (Lipinski definition) is 2. The molecule has 146 valence electrons. The Hall–Kier alpha value is -3.49. The topological polar surface area (TPSA) is 103 Å². The average Bonchev–Trinajstić information content (AvgIpc) is 2.98. The largest absolute Gasteiger partial charge is 0.466 e. The van der Waals surface area contributed by atoms with E-state index in [1.54, 1.807) is 19.9 Å². The highest BCUT2D eigenvalue weighted by Crippen LogP contribution is 2.25. The summed E-state index contributed by atoms with van der Waals surface area (Å²) in [6.07, 6.45) is 0. The van der Waals surface area contributed by atoms with Gasteiger partial charge in [-0.05, 0) is 45.0 Å². The summed E-state index contributed by atoms with van der Waals surface area (Å²) in [6.45, 7) is 4.90. The van der Waals surface area contributed by atoms with Crippen molar-refractivity contribution < 1.29 is 18.0 Å². The van der Waals surface area contributed by atoms with Crippen LogP contribution < -0.4 is 16.6 Å². The standard InChI is InChI=1S/C19H18F2N4O3/c1-9-6-13(11(3)28-9)16-8-15(22)19(27)25(24-16)10(2)18(26)23-17-7-12(20)4-5-14(17)21/h4-8,10H,22H2,1-3H3,(H,23,26)/t10-/m1/s1. The molecule has 9 heteroatoms. The predicted molar refractivity (Wildman–Crippen MR) is 99.8 cm³/mol. The van der Waals surface area contributed by atoms with Crippen LogP contribution in [0.5, 0.6) is 0 Å². The van der Waals surface area contributed by atoms with Crippen LogP contribution in [0.15, 0.2) is 39.5 Å². The molecule has 2 aromatic heterocycles. The number of aryl methyl sites for hydroxylation is 2. The van der Waals surface area contributed by atoms with Gasteiger partial charge >= 0.3 is 0 Å². The number of halogens is 2. The van der Waals surface area contributed by atoms with Crippen LogP contribution in [0.4, 0.5) is 20.2 Å². The summed E-state index contributed by atoms with van der Waals surface area (Å²) in [5, 5.41) is 6.47. The van der Waals surface area contributed by atoms with E-state index in [2.05, 4.69) is 10.4 Å². The lowest BCUT2D eigenvalue weighted by molar-refractivity contribution is -0.119. The van der Waals surface area contributed by atoms with Crippen molar-refractivity contribution in [2.24, 2.45) is 0 Å². The normalized spacial score (nSPS) is 12.0. The number of nitrogens with two attached hydrogens (primary N) is 1. The van der Waals surface area contributed by atoms with Crippen LogP contribution in [0.1, 0.15) is 24.5 Å². The first-order valence-corrected chi connectivity index (χ1v) is 8.40. The summed E-state index contributed by atoms with van der Waals surface area (Å²) < 4.78 is 33.5. The Morgan fingerprint density at radius 3 is 2.61 bits per heavy atom. The number of rotatable bonds is 4. The van der Waals surface area contributed by atoms with Gasteiger partial charge in [0.05, 0.1) is 11.4 Å². The van der Waals surface area contributed by atoms with Gasteiger partial charge in [0.1, 0.15) is 34.9 Å². The van der Waals surface area contributed by atoms with Gasteiger partial charge in [0.2, 0.25) is 5.91 Å².